The van der Waals surface area contributed by atoms with Crippen molar-refractivity contribution in [2.75, 3.05) is 19.6 Å². The predicted octanol–water partition coefficient (Wildman–Crippen LogP) is 1.85. The van der Waals surface area contributed by atoms with Gasteiger partial charge in [-0.2, -0.15) is 0 Å². The molecule has 1 unspecified atom stereocenters. The molecule has 0 fully saturated rings. The summed E-state index contributed by atoms with van der Waals surface area (Å²) >= 11 is 0. The summed E-state index contributed by atoms with van der Waals surface area (Å²) in [5.41, 5.74) is 0.311. The second-order valence-electron chi connectivity index (χ2n) is 4.14. The fraction of sp³-hybridized carbons (Fsp3) is 0.545. The maximum atomic E-state index is 4.22. The van der Waals surface area contributed by atoms with Crippen molar-refractivity contribution in [3.05, 3.63) is 24.3 Å². The van der Waals surface area contributed by atoms with E-state index in [9.17, 15) is 0 Å². The van der Waals surface area contributed by atoms with Crippen LogP contribution in [0, 0.1) is 5.41 Å². The van der Waals surface area contributed by atoms with Gasteiger partial charge in [-0.15, -0.1) is 0 Å². The molecule has 0 aromatic carbocycles. The van der Waals surface area contributed by atoms with Crippen molar-refractivity contribution in [1.82, 2.24) is 4.90 Å². The van der Waals surface area contributed by atoms with Crippen molar-refractivity contribution in [1.29, 1.82) is 0 Å². The summed E-state index contributed by atoms with van der Waals surface area (Å²) in [5, 5.41) is 0. The topological polar surface area (TPSA) is 15.6 Å². The quantitative estimate of drug-likeness (QED) is 0.627. The third-order valence-electron chi connectivity index (χ3n) is 2.66. The Hall–Kier alpha value is -1.05. The summed E-state index contributed by atoms with van der Waals surface area (Å²) in [6, 6.07) is 0. The highest BCUT2D eigenvalue weighted by atomic mass is 15.2. The number of nitrogens with zero attached hydrogens (tertiary/aromatic N) is 2. The fourth-order valence-corrected chi connectivity index (χ4v) is 1.89. The maximum Gasteiger partial charge on any atom is 0.0851 e. The Balaban J connectivity index is 1.96. The number of rotatable bonds is 2. The van der Waals surface area contributed by atoms with Crippen LogP contribution in [0.4, 0.5) is 0 Å². The van der Waals surface area contributed by atoms with Crippen molar-refractivity contribution >= 4 is 6.34 Å². The van der Waals surface area contributed by atoms with Crippen molar-refractivity contribution < 1.29 is 0 Å². The van der Waals surface area contributed by atoms with Crippen molar-refractivity contribution in [2.24, 2.45) is 10.4 Å². The molecule has 0 aromatic heterocycles. The smallest absolute Gasteiger partial charge is 0.0851 e. The summed E-state index contributed by atoms with van der Waals surface area (Å²) < 4.78 is 0. The van der Waals surface area contributed by atoms with E-state index >= 15 is 0 Å². The van der Waals surface area contributed by atoms with Gasteiger partial charge in [0.2, 0.25) is 0 Å². The van der Waals surface area contributed by atoms with Gasteiger partial charge in [0.1, 0.15) is 0 Å². The molecule has 1 heterocycles. The van der Waals surface area contributed by atoms with E-state index in [4.69, 9.17) is 0 Å². The summed E-state index contributed by atoms with van der Waals surface area (Å²) in [6.07, 6.45) is 12.0. The van der Waals surface area contributed by atoms with E-state index in [2.05, 4.69) is 41.1 Å². The molecule has 0 radical (unpaired) electrons. The average molecular weight is 176 g/mol. The Morgan fingerprint density at radius 2 is 2.38 bits per heavy atom. The highest BCUT2D eigenvalue weighted by Gasteiger charge is 2.24. The van der Waals surface area contributed by atoms with E-state index in [1.54, 1.807) is 0 Å². The van der Waals surface area contributed by atoms with Gasteiger partial charge in [-0.25, -0.2) is 0 Å². The third-order valence-corrected chi connectivity index (χ3v) is 2.66. The zero-order valence-electron chi connectivity index (χ0n) is 8.11. The average Bonchev–Trinajstić information content (AvgIpc) is 2.57. The summed E-state index contributed by atoms with van der Waals surface area (Å²) in [6.45, 7) is 5.46. The number of aliphatic imine (C=N–C) groups is 1. The molecule has 70 valence electrons. The normalized spacial score (nSPS) is 31.6. The lowest BCUT2D eigenvalue weighted by Crippen LogP contribution is -2.33. The molecule has 2 rings (SSSR count). The lowest BCUT2D eigenvalue weighted by molar-refractivity contribution is 0.305. The standard InChI is InChI=1S/C11H16N2/c1-11(5-3-2-4-6-11)9-13-8-7-12-10-13/h2-5,10H,6-9H2,1H3. The largest absolute Gasteiger partial charge is 0.360 e. The van der Waals surface area contributed by atoms with Gasteiger partial charge in [0.15, 0.2) is 0 Å². The SMILES string of the molecule is CC1(CN2C=NCC2)C=CC=CC1. The molecule has 1 atom stereocenters. The summed E-state index contributed by atoms with van der Waals surface area (Å²) in [4.78, 5) is 6.53. The summed E-state index contributed by atoms with van der Waals surface area (Å²) in [7, 11) is 0. The molecule has 1 aliphatic carbocycles. The zero-order chi connectivity index (χ0) is 9.15. The van der Waals surface area contributed by atoms with Gasteiger partial charge in [0.05, 0.1) is 12.9 Å². The van der Waals surface area contributed by atoms with E-state index in [0.29, 0.717) is 5.41 Å². The van der Waals surface area contributed by atoms with Crippen LogP contribution in [0.3, 0.4) is 0 Å². The molecule has 0 spiro atoms. The van der Waals surface area contributed by atoms with Gasteiger partial charge in [-0.05, 0) is 6.42 Å². The molecule has 2 nitrogen and oxygen atoms in total. The third kappa shape index (κ3) is 2.00. The van der Waals surface area contributed by atoms with Crippen LogP contribution in [0.1, 0.15) is 13.3 Å². The minimum Gasteiger partial charge on any atom is -0.360 e. The molecule has 0 bridgehead atoms. The minimum absolute atomic E-state index is 0.311. The first-order valence-corrected chi connectivity index (χ1v) is 4.87. The predicted molar refractivity (Wildman–Crippen MR) is 55.9 cm³/mol. The van der Waals surface area contributed by atoms with Crippen LogP contribution in [0.5, 0.6) is 0 Å². The monoisotopic (exact) mass is 176 g/mol. The van der Waals surface area contributed by atoms with Crippen LogP contribution in [0.25, 0.3) is 0 Å². The molecule has 2 aliphatic rings. The van der Waals surface area contributed by atoms with E-state index in [-0.39, 0.29) is 0 Å². The molecule has 0 saturated heterocycles. The lowest BCUT2D eigenvalue weighted by atomic mass is 9.83. The van der Waals surface area contributed by atoms with Crippen LogP contribution >= 0.6 is 0 Å². The number of hydrogen-bond donors (Lipinski definition) is 0. The van der Waals surface area contributed by atoms with Gasteiger partial charge in [0, 0.05) is 18.5 Å². The van der Waals surface area contributed by atoms with Crippen LogP contribution in [-0.2, 0) is 0 Å². The minimum atomic E-state index is 0.311. The van der Waals surface area contributed by atoms with Crippen molar-refractivity contribution in [3.63, 3.8) is 0 Å². The van der Waals surface area contributed by atoms with E-state index in [1.165, 1.54) is 0 Å². The first kappa shape index (κ1) is 8.54. The van der Waals surface area contributed by atoms with Gasteiger partial charge in [-0.1, -0.05) is 31.2 Å². The van der Waals surface area contributed by atoms with Gasteiger partial charge in [-0.3, -0.25) is 4.99 Å². The van der Waals surface area contributed by atoms with Gasteiger partial charge >= 0.3 is 0 Å². The highest BCUT2D eigenvalue weighted by molar-refractivity contribution is 5.57. The van der Waals surface area contributed by atoms with E-state index < -0.39 is 0 Å². The van der Waals surface area contributed by atoms with Crippen LogP contribution in [-0.4, -0.2) is 30.9 Å². The fourth-order valence-electron chi connectivity index (χ4n) is 1.89. The Morgan fingerprint density at radius 3 is 3.00 bits per heavy atom. The van der Waals surface area contributed by atoms with Gasteiger partial charge in [0.25, 0.3) is 0 Å². The van der Waals surface area contributed by atoms with Crippen LogP contribution in [0.15, 0.2) is 29.3 Å². The van der Waals surface area contributed by atoms with Crippen LogP contribution in [0.2, 0.25) is 0 Å². The van der Waals surface area contributed by atoms with Crippen molar-refractivity contribution in [3.8, 4) is 0 Å². The number of hydrogen-bond acceptors (Lipinski definition) is 2. The van der Waals surface area contributed by atoms with Crippen molar-refractivity contribution in [2.45, 2.75) is 13.3 Å². The first-order chi connectivity index (χ1) is 6.29. The lowest BCUT2D eigenvalue weighted by Gasteiger charge is -2.30. The Bertz CT molecular complexity index is 265. The highest BCUT2D eigenvalue weighted by Crippen LogP contribution is 2.28. The Morgan fingerprint density at radius 1 is 1.46 bits per heavy atom. The maximum absolute atomic E-state index is 4.22. The molecule has 0 N–H and O–H groups in total. The molecule has 0 amide bonds. The van der Waals surface area contributed by atoms with Crippen LogP contribution < -0.4 is 0 Å². The molecule has 1 aliphatic heterocycles. The molecular weight excluding hydrogens is 160 g/mol. The first-order valence-electron chi connectivity index (χ1n) is 4.87. The summed E-state index contributed by atoms with van der Waals surface area (Å²) in [5.74, 6) is 0. The number of allylic oxidation sites excluding steroid dienone is 3. The Kier molecular flexibility index (Phi) is 2.21. The van der Waals surface area contributed by atoms with E-state index in [0.717, 1.165) is 26.1 Å². The molecule has 0 saturated carbocycles. The molecular formula is C11H16N2. The second-order valence-corrected chi connectivity index (χ2v) is 4.14. The molecule has 13 heavy (non-hydrogen) atoms. The molecule has 2 heteroatoms. The van der Waals surface area contributed by atoms with E-state index in [1.807, 2.05) is 6.34 Å². The van der Waals surface area contributed by atoms with Gasteiger partial charge < -0.3 is 4.90 Å². The second kappa shape index (κ2) is 3.36. The zero-order valence-corrected chi connectivity index (χ0v) is 8.11. The Labute approximate surface area is 79.7 Å². The molecule has 0 aromatic rings.